The Morgan fingerprint density at radius 1 is 1.09 bits per heavy atom. The number of nitrogens with one attached hydrogen (secondary N) is 1. The molecule has 3 rings (SSSR count). The molecule has 1 aromatic heterocycles. The summed E-state index contributed by atoms with van der Waals surface area (Å²) in [6.07, 6.45) is 7.30. The van der Waals surface area contributed by atoms with Crippen LogP contribution in [0.25, 0.3) is 0 Å². The van der Waals surface area contributed by atoms with Crippen molar-refractivity contribution in [1.82, 2.24) is 10.3 Å². The summed E-state index contributed by atoms with van der Waals surface area (Å²) in [4.78, 5) is 16.5. The fourth-order valence-electron chi connectivity index (χ4n) is 2.78. The molecule has 120 valence electrons. The van der Waals surface area contributed by atoms with Gasteiger partial charge in [-0.15, -0.1) is 0 Å². The predicted molar refractivity (Wildman–Crippen MR) is 89.5 cm³/mol. The van der Waals surface area contributed by atoms with Crippen LogP contribution in [0.3, 0.4) is 0 Å². The maximum absolute atomic E-state index is 12.3. The molecule has 1 aromatic carbocycles. The van der Waals surface area contributed by atoms with E-state index in [0.717, 1.165) is 12.8 Å². The van der Waals surface area contributed by atoms with E-state index < -0.39 is 0 Å². The Morgan fingerprint density at radius 3 is 2.57 bits per heavy atom. The summed E-state index contributed by atoms with van der Waals surface area (Å²) in [5.74, 6) is 1.11. The number of pyridine rings is 1. The largest absolute Gasteiger partial charge is 0.457 e. The van der Waals surface area contributed by atoms with Crippen LogP contribution in [0.15, 0.2) is 42.6 Å². The quantitative estimate of drug-likeness (QED) is 0.847. The third-order valence-corrected chi connectivity index (χ3v) is 4.02. The monoisotopic (exact) mass is 311 g/mol. The number of ether oxygens (including phenoxy) is 1. The molecule has 5 nitrogen and oxygen atoms in total. The van der Waals surface area contributed by atoms with Gasteiger partial charge in [0.25, 0.3) is 5.91 Å². The summed E-state index contributed by atoms with van der Waals surface area (Å²) in [7, 11) is 0. The van der Waals surface area contributed by atoms with E-state index in [4.69, 9.17) is 10.5 Å². The van der Waals surface area contributed by atoms with E-state index in [1.54, 1.807) is 42.6 Å². The van der Waals surface area contributed by atoms with Crippen LogP contribution in [-0.4, -0.2) is 16.9 Å². The minimum atomic E-state index is -0.139. The maximum Gasteiger partial charge on any atom is 0.270 e. The number of anilines is 1. The van der Waals surface area contributed by atoms with Crippen molar-refractivity contribution in [3.63, 3.8) is 0 Å². The topological polar surface area (TPSA) is 77.2 Å². The Hall–Kier alpha value is -2.56. The first-order chi connectivity index (χ1) is 11.2. The lowest BCUT2D eigenvalue weighted by Gasteiger charge is -2.22. The van der Waals surface area contributed by atoms with Gasteiger partial charge < -0.3 is 15.8 Å². The van der Waals surface area contributed by atoms with Gasteiger partial charge in [0.05, 0.1) is 0 Å². The highest BCUT2D eigenvalue weighted by atomic mass is 16.5. The smallest absolute Gasteiger partial charge is 0.270 e. The third-order valence-electron chi connectivity index (χ3n) is 4.02. The van der Waals surface area contributed by atoms with Crippen molar-refractivity contribution < 1.29 is 9.53 Å². The van der Waals surface area contributed by atoms with Gasteiger partial charge in [0, 0.05) is 24.0 Å². The standard InChI is InChI=1S/C18H21N3O2/c19-13-6-8-15(9-7-13)23-16-10-11-20-17(12-16)18(22)21-14-4-2-1-3-5-14/h6-12,14H,1-5,19H2,(H,21,22). The molecule has 1 fully saturated rings. The summed E-state index contributed by atoms with van der Waals surface area (Å²) < 4.78 is 5.74. The van der Waals surface area contributed by atoms with E-state index in [1.165, 1.54) is 19.3 Å². The lowest BCUT2D eigenvalue weighted by Crippen LogP contribution is -2.36. The highest BCUT2D eigenvalue weighted by Gasteiger charge is 2.17. The Kier molecular flexibility index (Phi) is 4.76. The number of benzene rings is 1. The van der Waals surface area contributed by atoms with Gasteiger partial charge in [-0.2, -0.15) is 0 Å². The van der Waals surface area contributed by atoms with Gasteiger partial charge in [-0.25, -0.2) is 0 Å². The van der Waals surface area contributed by atoms with E-state index in [-0.39, 0.29) is 11.9 Å². The number of nitrogens with zero attached hydrogens (tertiary/aromatic N) is 1. The highest BCUT2D eigenvalue weighted by molar-refractivity contribution is 5.92. The lowest BCUT2D eigenvalue weighted by atomic mass is 9.95. The van der Waals surface area contributed by atoms with Gasteiger partial charge in [-0.1, -0.05) is 19.3 Å². The minimum Gasteiger partial charge on any atom is -0.457 e. The maximum atomic E-state index is 12.3. The molecule has 3 N–H and O–H groups in total. The molecule has 2 aromatic rings. The summed E-state index contributed by atoms with van der Waals surface area (Å²) >= 11 is 0. The van der Waals surface area contributed by atoms with Gasteiger partial charge in [0.2, 0.25) is 0 Å². The van der Waals surface area contributed by atoms with Crippen LogP contribution in [0.2, 0.25) is 0 Å². The van der Waals surface area contributed by atoms with Gasteiger partial charge in [-0.3, -0.25) is 9.78 Å². The second kappa shape index (κ2) is 7.13. The molecule has 0 atom stereocenters. The van der Waals surface area contributed by atoms with E-state index in [9.17, 15) is 4.79 Å². The van der Waals surface area contributed by atoms with Crippen molar-refractivity contribution in [1.29, 1.82) is 0 Å². The zero-order valence-corrected chi connectivity index (χ0v) is 13.0. The van der Waals surface area contributed by atoms with Crippen LogP contribution in [-0.2, 0) is 0 Å². The van der Waals surface area contributed by atoms with Gasteiger partial charge in [-0.05, 0) is 43.2 Å². The number of hydrogen-bond acceptors (Lipinski definition) is 4. The van der Waals surface area contributed by atoms with Crippen LogP contribution in [0.5, 0.6) is 11.5 Å². The van der Waals surface area contributed by atoms with Crippen molar-refractivity contribution in [3.05, 3.63) is 48.3 Å². The first-order valence-corrected chi connectivity index (χ1v) is 8.01. The van der Waals surface area contributed by atoms with Gasteiger partial charge in [0.1, 0.15) is 17.2 Å². The van der Waals surface area contributed by atoms with Crippen molar-refractivity contribution in [2.45, 2.75) is 38.1 Å². The molecule has 1 amide bonds. The third kappa shape index (κ3) is 4.22. The number of hydrogen-bond donors (Lipinski definition) is 2. The molecule has 0 spiro atoms. The zero-order chi connectivity index (χ0) is 16.1. The normalized spacial score (nSPS) is 15.1. The number of carbonyl (C=O) groups excluding carboxylic acids is 1. The number of nitrogen functional groups attached to an aromatic ring is 1. The Balaban J connectivity index is 1.66. The van der Waals surface area contributed by atoms with E-state index in [2.05, 4.69) is 10.3 Å². The summed E-state index contributed by atoms with van der Waals surface area (Å²) in [6, 6.07) is 10.8. The van der Waals surface area contributed by atoms with Gasteiger partial charge >= 0.3 is 0 Å². The van der Waals surface area contributed by atoms with Crippen LogP contribution < -0.4 is 15.8 Å². The minimum absolute atomic E-state index is 0.139. The molecule has 1 aliphatic carbocycles. The fourth-order valence-corrected chi connectivity index (χ4v) is 2.78. The molecular weight excluding hydrogens is 290 g/mol. The molecule has 0 bridgehead atoms. The molecule has 0 unspecified atom stereocenters. The number of carbonyl (C=O) groups is 1. The van der Waals surface area contributed by atoms with Crippen LogP contribution in [0.1, 0.15) is 42.6 Å². The molecule has 1 aliphatic rings. The molecule has 5 heteroatoms. The molecule has 1 saturated carbocycles. The van der Waals surface area contributed by atoms with E-state index in [1.807, 2.05) is 0 Å². The number of nitrogens with two attached hydrogens (primary N) is 1. The average Bonchev–Trinajstić information content (AvgIpc) is 2.58. The molecule has 0 radical (unpaired) electrons. The number of rotatable bonds is 4. The van der Waals surface area contributed by atoms with Crippen molar-refractivity contribution in [2.75, 3.05) is 5.73 Å². The Morgan fingerprint density at radius 2 is 1.83 bits per heavy atom. The molecular formula is C18H21N3O2. The van der Waals surface area contributed by atoms with E-state index >= 15 is 0 Å². The first-order valence-electron chi connectivity index (χ1n) is 8.01. The summed E-state index contributed by atoms with van der Waals surface area (Å²) in [5, 5.41) is 3.06. The SMILES string of the molecule is Nc1ccc(Oc2ccnc(C(=O)NC3CCCCC3)c2)cc1. The number of aromatic nitrogens is 1. The summed E-state index contributed by atoms with van der Waals surface area (Å²) in [6.45, 7) is 0. The zero-order valence-electron chi connectivity index (χ0n) is 13.0. The average molecular weight is 311 g/mol. The van der Waals surface area contributed by atoms with Gasteiger partial charge in [0.15, 0.2) is 0 Å². The molecule has 0 saturated heterocycles. The van der Waals surface area contributed by atoms with Crippen LogP contribution in [0, 0.1) is 0 Å². The number of amides is 1. The molecule has 0 aliphatic heterocycles. The second-order valence-corrected chi connectivity index (χ2v) is 5.86. The van der Waals surface area contributed by atoms with Crippen molar-refractivity contribution in [3.8, 4) is 11.5 Å². The van der Waals surface area contributed by atoms with Crippen LogP contribution in [0.4, 0.5) is 5.69 Å². The molecule has 1 heterocycles. The highest BCUT2D eigenvalue weighted by Crippen LogP contribution is 2.23. The Bertz CT molecular complexity index is 664. The Labute approximate surface area is 135 Å². The van der Waals surface area contributed by atoms with Crippen LogP contribution >= 0.6 is 0 Å². The first kappa shape index (κ1) is 15.3. The predicted octanol–water partition coefficient (Wildman–Crippen LogP) is 3.52. The molecule has 23 heavy (non-hydrogen) atoms. The van der Waals surface area contributed by atoms with Crippen molar-refractivity contribution >= 4 is 11.6 Å². The lowest BCUT2D eigenvalue weighted by molar-refractivity contribution is 0.0922. The van der Waals surface area contributed by atoms with Crippen molar-refractivity contribution in [2.24, 2.45) is 0 Å². The second-order valence-electron chi connectivity index (χ2n) is 5.86. The summed E-state index contributed by atoms with van der Waals surface area (Å²) in [5.41, 5.74) is 6.71. The fraction of sp³-hybridized carbons (Fsp3) is 0.333. The van der Waals surface area contributed by atoms with E-state index in [0.29, 0.717) is 22.9 Å².